The van der Waals surface area contributed by atoms with Crippen LogP contribution in [0.1, 0.15) is 31.2 Å². The molecule has 0 saturated carbocycles. The molecule has 2 aliphatic rings. The van der Waals surface area contributed by atoms with Crippen LogP contribution in [-0.4, -0.2) is 43.3 Å². The average Bonchev–Trinajstić information content (AvgIpc) is 3.11. The fraction of sp³-hybridized carbons (Fsp3) is 0.625. The maximum absolute atomic E-state index is 12.9. The number of nitrogens with one attached hydrogen (secondary N) is 1. The van der Waals surface area contributed by atoms with Gasteiger partial charge in [0.15, 0.2) is 0 Å². The van der Waals surface area contributed by atoms with Crippen LogP contribution in [0.4, 0.5) is 5.69 Å². The SMILES string of the molecule is Cc1c(Cl)cc(S(=O)(=O)N2CCC(C3CCCN3)CC2)cc1[N+](=O)[O-]. The highest BCUT2D eigenvalue weighted by Gasteiger charge is 2.34. The van der Waals surface area contributed by atoms with E-state index in [1.54, 1.807) is 0 Å². The molecule has 3 rings (SSSR count). The Morgan fingerprint density at radius 2 is 1.96 bits per heavy atom. The minimum Gasteiger partial charge on any atom is -0.314 e. The van der Waals surface area contributed by atoms with E-state index in [0.29, 0.717) is 25.0 Å². The first-order chi connectivity index (χ1) is 11.8. The molecule has 1 atom stereocenters. The van der Waals surface area contributed by atoms with E-state index >= 15 is 0 Å². The highest BCUT2D eigenvalue weighted by molar-refractivity contribution is 7.89. The van der Waals surface area contributed by atoms with E-state index in [1.165, 1.54) is 23.7 Å². The first-order valence-electron chi connectivity index (χ1n) is 8.49. The van der Waals surface area contributed by atoms with Crippen molar-refractivity contribution in [2.75, 3.05) is 19.6 Å². The Balaban J connectivity index is 1.79. The summed E-state index contributed by atoms with van der Waals surface area (Å²) in [4.78, 5) is 10.4. The molecule has 0 spiro atoms. The van der Waals surface area contributed by atoms with Crippen LogP contribution in [0.3, 0.4) is 0 Å². The van der Waals surface area contributed by atoms with E-state index in [2.05, 4.69) is 5.32 Å². The number of nitro benzene ring substituents is 1. The van der Waals surface area contributed by atoms with E-state index in [1.807, 2.05) is 0 Å². The summed E-state index contributed by atoms with van der Waals surface area (Å²) in [7, 11) is -3.78. The molecular weight excluding hydrogens is 366 g/mol. The van der Waals surface area contributed by atoms with E-state index in [9.17, 15) is 18.5 Å². The number of nitro groups is 1. The molecule has 7 nitrogen and oxygen atoms in total. The normalized spacial score (nSPS) is 23.0. The van der Waals surface area contributed by atoms with E-state index in [0.717, 1.165) is 31.9 Å². The van der Waals surface area contributed by atoms with Crippen LogP contribution >= 0.6 is 11.6 Å². The summed E-state index contributed by atoms with van der Waals surface area (Å²) < 4.78 is 27.2. The largest absolute Gasteiger partial charge is 0.314 e. The summed E-state index contributed by atoms with van der Waals surface area (Å²) in [6.07, 6.45) is 3.93. The lowest BCUT2D eigenvalue weighted by molar-refractivity contribution is -0.385. The maximum atomic E-state index is 12.9. The molecule has 0 amide bonds. The molecule has 0 aliphatic carbocycles. The predicted molar refractivity (Wildman–Crippen MR) is 95.4 cm³/mol. The standard InChI is InChI=1S/C16H22ClN3O4S/c1-11-14(17)9-13(10-16(11)20(21)22)25(23,24)19-7-4-12(5-8-19)15-3-2-6-18-15/h9-10,12,15,18H,2-8H2,1H3. The number of benzene rings is 1. The van der Waals surface area contributed by atoms with E-state index < -0.39 is 14.9 Å². The van der Waals surface area contributed by atoms with Gasteiger partial charge in [0.25, 0.3) is 5.69 Å². The first kappa shape index (κ1) is 18.6. The van der Waals surface area contributed by atoms with Crippen LogP contribution in [0, 0.1) is 23.0 Å². The number of piperidine rings is 1. The third kappa shape index (κ3) is 3.67. The van der Waals surface area contributed by atoms with Gasteiger partial charge in [0.1, 0.15) is 0 Å². The number of sulfonamides is 1. The Labute approximate surface area is 152 Å². The van der Waals surface area contributed by atoms with Gasteiger partial charge >= 0.3 is 0 Å². The van der Waals surface area contributed by atoms with Crippen molar-refractivity contribution in [3.05, 3.63) is 32.8 Å². The van der Waals surface area contributed by atoms with Gasteiger partial charge < -0.3 is 5.32 Å². The van der Waals surface area contributed by atoms with Crippen LogP contribution < -0.4 is 5.32 Å². The smallest absolute Gasteiger partial charge is 0.275 e. The summed E-state index contributed by atoms with van der Waals surface area (Å²) in [6, 6.07) is 2.91. The Morgan fingerprint density at radius 1 is 1.28 bits per heavy atom. The van der Waals surface area contributed by atoms with Gasteiger partial charge in [0.2, 0.25) is 10.0 Å². The van der Waals surface area contributed by atoms with Crippen molar-refractivity contribution in [3.8, 4) is 0 Å². The second-order valence-electron chi connectivity index (χ2n) is 6.75. The lowest BCUT2D eigenvalue weighted by Crippen LogP contribution is -2.43. The summed E-state index contributed by atoms with van der Waals surface area (Å²) >= 11 is 6.02. The van der Waals surface area contributed by atoms with E-state index in [-0.39, 0.29) is 21.2 Å². The predicted octanol–water partition coefficient (Wildman–Crippen LogP) is 2.71. The maximum Gasteiger partial charge on any atom is 0.275 e. The highest BCUT2D eigenvalue weighted by Crippen LogP contribution is 2.33. The van der Waals surface area contributed by atoms with Gasteiger partial charge in [0.05, 0.1) is 14.8 Å². The zero-order chi connectivity index (χ0) is 18.2. The van der Waals surface area contributed by atoms with Crippen LogP contribution in [-0.2, 0) is 10.0 Å². The molecule has 1 unspecified atom stereocenters. The minimum atomic E-state index is -3.78. The summed E-state index contributed by atoms with van der Waals surface area (Å²) in [5, 5.41) is 14.7. The van der Waals surface area contributed by atoms with Gasteiger partial charge in [-0.25, -0.2) is 8.42 Å². The van der Waals surface area contributed by atoms with Gasteiger partial charge in [-0.05, 0) is 51.1 Å². The second kappa shape index (κ2) is 7.19. The fourth-order valence-electron chi connectivity index (χ4n) is 3.76. The van der Waals surface area contributed by atoms with Crippen LogP contribution in [0.2, 0.25) is 5.02 Å². The average molecular weight is 388 g/mol. The molecule has 1 aromatic carbocycles. The number of halogens is 1. The van der Waals surface area contributed by atoms with Crippen molar-refractivity contribution in [3.63, 3.8) is 0 Å². The Hall–Kier alpha value is -1.22. The third-order valence-corrected chi connectivity index (χ3v) is 7.56. The lowest BCUT2D eigenvalue weighted by atomic mass is 9.89. The fourth-order valence-corrected chi connectivity index (χ4v) is 5.56. The minimum absolute atomic E-state index is 0.0952. The Kier molecular flexibility index (Phi) is 5.34. The number of hydrogen-bond donors (Lipinski definition) is 1. The molecule has 1 aromatic rings. The molecular formula is C16H22ClN3O4S. The summed E-state index contributed by atoms with van der Waals surface area (Å²) in [6.45, 7) is 3.42. The van der Waals surface area contributed by atoms with Gasteiger partial charge in [-0.3, -0.25) is 10.1 Å². The molecule has 1 N–H and O–H groups in total. The van der Waals surface area contributed by atoms with Crippen molar-refractivity contribution >= 4 is 27.3 Å². The monoisotopic (exact) mass is 387 g/mol. The molecule has 138 valence electrons. The number of nitrogens with zero attached hydrogens (tertiary/aromatic N) is 2. The van der Waals surface area contributed by atoms with Crippen LogP contribution in [0.15, 0.2) is 17.0 Å². The Morgan fingerprint density at radius 3 is 2.52 bits per heavy atom. The molecule has 0 bridgehead atoms. The van der Waals surface area contributed by atoms with Crippen molar-refractivity contribution in [1.29, 1.82) is 0 Å². The Bertz CT molecular complexity index is 770. The van der Waals surface area contributed by atoms with Crippen LogP contribution in [0.5, 0.6) is 0 Å². The number of hydrogen-bond acceptors (Lipinski definition) is 5. The van der Waals surface area contributed by atoms with Gasteiger partial charge in [-0.2, -0.15) is 4.31 Å². The molecule has 9 heteroatoms. The zero-order valence-corrected chi connectivity index (χ0v) is 15.6. The van der Waals surface area contributed by atoms with Crippen molar-refractivity contribution in [2.45, 2.75) is 43.5 Å². The third-order valence-electron chi connectivity index (χ3n) is 5.29. The number of rotatable bonds is 4. The quantitative estimate of drug-likeness (QED) is 0.633. The van der Waals surface area contributed by atoms with Crippen LogP contribution in [0.25, 0.3) is 0 Å². The second-order valence-corrected chi connectivity index (χ2v) is 9.10. The van der Waals surface area contributed by atoms with Gasteiger partial charge in [0, 0.05) is 30.8 Å². The summed E-state index contributed by atoms with van der Waals surface area (Å²) in [5.41, 5.74) is 0.00718. The molecule has 0 aromatic heterocycles. The van der Waals surface area contributed by atoms with Crippen molar-refractivity contribution in [1.82, 2.24) is 9.62 Å². The molecule has 2 heterocycles. The molecule has 2 fully saturated rings. The van der Waals surface area contributed by atoms with Crippen molar-refractivity contribution < 1.29 is 13.3 Å². The highest BCUT2D eigenvalue weighted by atomic mass is 35.5. The zero-order valence-electron chi connectivity index (χ0n) is 14.1. The molecule has 25 heavy (non-hydrogen) atoms. The van der Waals surface area contributed by atoms with Crippen molar-refractivity contribution in [2.24, 2.45) is 5.92 Å². The molecule has 0 radical (unpaired) electrons. The molecule has 2 aliphatic heterocycles. The lowest BCUT2D eigenvalue weighted by Gasteiger charge is -2.34. The van der Waals surface area contributed by atoms with Gasteiger partial charge in [-0.1, -0.05) is 11.6 Å². The van der Waals surface area contributed by atoms with E-state index in [4.69, 9.17) is 11.6 Å². The summed E-state index contributed by atoms with van der Waals surface area (Å²) in [5.74, 6) is 0.491. The molecule has 2 saturated heterocycles. The first-order valence-corrected chi connectivity index (χ1v) is 10.3. The van der Waals surface area contributed by atoms with Gasteiger partial charge in [-0.15, -0.1) is 0 Å². The topological polar surface area (TPSA) is 92.6 Å².